The second-order valence-corrected chi connectivity index (χ2v) is 7.24. The highest BCUT2D eigenvalue weighted by Crippen LogP contribution is 2.27. The molecule has 2 heterocycles. The van der Waals surface area contributed by atoms with Gasteiger partial charge in [0.05, 0.1) is 12.2 Å². The number of aryl methyl sites for hydroxylation is 1. The van der Waals surface area contributed by atoms with Crippen LogP contribution in [0.3, 0.4) is 0 Å². The highest BCUT2D eigenvalue weighted by atomic mass is 32.1. The van der Waals surface area contributed by atoms with Crippen molar-refractivity contribution >= 4 is 28.3 Å². The van der Waals surface area contributed by atoms with Crippen LogP contribution in [0.1, 0.15) is 37.7 Å². The minimum absolute atomic E-state index is 0.0783. The van der Waals surface area contributed by atoms with Crippen molar-refractivity contribution in [2.24, 2.45) is 0 Å². The number of nitrogens with one attached hydrogen (secondary N) is 1. The summed E-state index contributed by atoms with van der Waals surface area (Å²) >= 11 is 1.41. The van der Waals surface area contributed by atoms with Gasteiger partial charge in [0.2, 0.25) is 11.8 Å². The number of nitrogens with zero attached hydrogens (tertiary/aromatic N) is 2. The fraction of sp³-hybridized carbons (Fsp3) is 0.421. The number of carbonyl (C=O) groups is 2. The lowest BCUT2D eigenvalue weighted by molar-refractivity contribution is -0.135. The third-order valence-corrected chi connectivity index (χ3v) is 5.19. The lowest BCUT2D eigenvalue weighted by Gasteiger charge is -2.23. The van der Waals surface area contributed by atoms with Crippen molar-refractivity contribution in [2.75, 3.05) is 18.4 Å². The maximum Gasteiger partial charge on any atom is 0.245 e. The van der Waals surface area contributed by atoms with E-state index in [1.54, 1.807) is 4.90 Å². The Morgan fingerprint density at radius 1 is 1.24 bits per heavy atom. The number of hydrogen-bond acceptors (Lipinski definition) is 4. The zero-order valence-corrected chi connectivity index (χ0v) is 15.3. The number of amides is 2. The summed E-state index contributed by atoms with van der Waals surface area (Å²) in [5.41, 5.74) is 3.08. The standard InChI is InChI=1S/C19H23N3O2S/c1-14-8-5-6-9-15(14)16-13-25-19(20-16)21-17(23)12-22-11-7-3-2-4-10-18(22)24/h5-6,8-9,13H,2-4,7,10-12H2,1H3,(H,20,21,23). The molecule has 0 bridgehead atoms. The molecule has 0 radical (unpaired) electrons. The lowest BCUT2D eigenvalue weighted by atomic mass is 10.1. The maximum absolute atomic E-state index is 12.3. The van der Waals surface area contributed by atoms with Crippen LogP contribution in [0.4, 0.5) is 5.13 Å². The Bertz CT molecular complexity index is 757. The molecular weight excluding hydrogens is 334 g/mol. The molecule has 0 atom stereocenters. The summed E-state index contributed by atoms with van der Waals surface area (Å²) in [7, 11) is 0. The molecule has 2 amide bonds. The van der Waals surface area contributed by atoms with Crippen molar-refractivity contribution < 1.29 is 9.59 Å². The first-order chi connectivity index (χ1) is 12.1. The van der Waals surface area contributed by atoms with Gasteiger partial charge in [0.1, 0.15) is 0 Å². The van der Waals surface area contributed by atoms with Crippen LogP contribution in [0, 0.1) is 6.92 Å². The summed E-state index contributed by atoms with van der Waals surface area (Å²) in [6.45, 7) is 2.82. The minimum atomic E-state index is -0.181. The van der Waals surface area contributed by atoms with E-state index in [1.165, 1.54) is 11.3 Å². The molecule has 1 aliphatic rings. The second kappa shape index (κ2) is 8.25. The Kier molecular flexibility index (Phi) is 5.81. The molecule has 2 aromatic rings. The largest absolute Gasteiger partial charge is 0.333 e. The molecule has 1 aromatic heterocycles. The van der Waals surface area contributed by atoms with E-state index < -0.39 is 0 Å². The molecule has 0 aliphatic carbocycles. The molecule has 6 heteroatoms. The highest BCUT2D eigenvalue weighted by molar-refractivity contribution is 7.14. The number of rotatable bonds is 4. The molecule has 1 saturated heterocycles. The highest BCUT2D eigenvalue weighted by Gasteiger charge is 2.19. The first-order valence-electron chi connectivity index (χ1n) is 8.72. The predicted molar refractivity (Wildman–Crippen MR) is 101 cm³/mol. The lowest BCUT2D eigenvalue weighted by Crippen LogP contribution is -2.39. The van der Waals surface area contributed by atoms with E-state index >= 15 is 0 Å². The van der Waals surface area contributed by atoms with Crippen LogP contribution in [0.15, 0.2) is 29.6 Å². The summed E-state index contributed by atoms with van der Waals surface area (Å²) in [6, 6.07) is 8.04. The van der Waals surface area contributed by atoms with Gasteiger partial charge in [-0.25, -0.2) is 4.98 Å². The van der Waals surface area contributed by atoms with Crippen LogP contribution in [-0.4, -0.2) is 34.8 Å². The van der Waals surface area contributed by atoms with Crippen LogP contribution in [0.2, 0.25) is 0 Å². The number of anilines is 1. The molecule has 0 spiro atoms. The molecule has 3 rings (SSSR count). The van der Waals surface area contributed by atoms with Gasteiger partial charge in [-0.3, -0.25) is 9.59 Å². The number of hydrogen-bond donors (Lipinski definition) is 1. The van der Waals surface area contributed by atoms with Gasteiger partial charge in [-0.15, -0.1) is 11.3 Å². The topological polar surface area (TPSA) is 62.3 Å². The van der Waals surface area contributed by atoms with E-state index in [9.17, 15) is 9.59 Å². The summed E-state index contributed by atoms with van der Waals surface area (Å²) in [6.07, 6.45) is 4.66. The molecule has 25 heavy (non-hydrogen) atoms. The smallest absolute Gasteiger partial charge is 0.245 e. The average Bonchev–Trinajstić information content (AvgIpc) is 3.03. The molecule has 1 N–H and O–H groups in total. The first kappa shape index (κ1) is 17.6. The summed E-state index contributed by atoms with van der Waals surface area (Å²) in [5.74, 6) is -0.103. The third-order valence-electron chi connectivity index (χ3n) is 4.43. The van der Waals surface area contributed by atoms with Crippen molar-refractivity contribution in [3.63, 3.8) is 0 Å². The maximum atomic E-state index is 12.3. The minimum Gasteiger partial charge on any atom is -0.333 e. The van der Waals surface area contributed by atoms with E-state index in [-0.39, 0.29) is 18.4 Å². The first-order valence-corrected chi connectivity index (χ1v) is 9.60. The number of benzene rings is 1. The van der Waals surface area contributed by atoms with Crippen molar-refractivity contribution in [1.82, 2.24) is 9.88 Å². The van der Waals surface area contributed by atoms with Gasteiger partial charge in [0.15, 0.2) is 5.13 Å². The van der Waals surface area contributed by atoms with Crippen LogP contribution in [0.5, 0.6) is 0 Å². The molecule has 0 saturated carbocycles. The normalized spacial score (nSPS) is 15.6. The van der Waals surface area contributed by atoms with Crippen LogP contribution >= 0.6 is 11.3 Å². The van der Waals surface area contributed by atoms with E-state index in [2.05, 4.69) is 10.3 Å². The predicted octanol–water partition coefficient (Wildman–Crippen LogP) is 3.85. The molecule has 1 aliphatic heterocycles. The third kappa shape index (κ3) is 4.66. The fourth-order valence-electron chi connectivity index (χ4n) is 3.03. The van der Waals surface area contributed by atoms with E-state index in [0.717, 1.165) is 42.5 Å². The molecule has 132 valence electrons. The number of likely N-dealkylation sites (tertiary alicyclic amines) is 1. The Labute approximate surface area is 152 Å². The Morgan fingerprint density at radius 2 is 2.04 bits per heavy atom. The SMILES string of the molecule is Cc1ccccc1-c1csc(NC(=O)CN2CCCCCCC2=O)n1. The molecule has 5 nitrogen and oxygen atoms in total. The van der Waals surface area contributed by atoms with Gasteiger partial charge in [0.25, 0.3) is 0 Å². The summed E-state index contributed by atoms with van der Waals surface area (Å²) < 4.78 is 0. The Balaban J connectivity index is 1.61. The van der Waals surface area contributed by atoms with Crippen molar-refractivity contribution in [3.05, 3.63) is 35.2 Å². The van der Waals surface area contributed by atoms with E-state index in [1.807, 2.05) is 36.6 Å². The second-order valence-electron chi connectivity index (χ2n) is 6.38. The van der Waals surface area contributed by atoms with E-state index in [4.69, 9.17) is 0 Å². The zero-order valence-electron chi connectivity index (χ0n) is 14.5. The van der Waals surface area contributed by atoms with Crippen molar-refractivity contribution in [3.8, 4) is 11.3 Å². The van der Waals surface area contributed by atoms with Crippen molar-refractivity contribution in [1.29, 1.82) is 0 Å². The number of aromatic nitrogens is 1. The summed E-state index contributed by atoms with van der Waals surface area (Å²) in [4.78, 5) is 30.6. The zero-order chi connectivity index (χ0) is 17.6. The van der Waals surface area contributed by atoms with Crippen LogP contribution in [0.25, 0.3) is 11.3 Å². The monoisotopic (exact) mass is 357 g/mol. The number of thiazole rings is 1. The quantitative estimate of drug-likeness (QED) is 0.904. The van der Waals surface area contributed by atoms with Gasteiger partial charge < -0.3 is 10.2 Å². The van der Waals surface area contributed by atoms with Gasteiger partial charge in [-0.05, 0) is 25.3 Å². The van der Waals surface area contributed by atoms with Gasteiger partial charge >= 0.3 is 0 Å². The van der Waals surface area contributed by atoms with E-state index in [0.29, 0.717) is 18.1 Å². The fourth-order valence-corrected chi connectivity index (χ4v) is 3.76. The number of carbonyl (C=O) groups excluding carboxylic acids is 2. The molecule has 1 aromatic carbocycles. The molecular formula is C19H23N3O2S. The molecule has 0 unspecified atom stereocenters. The van der Waals surface area contributed by atoms with Gasteiger partial charge in [-0.2, -0.15) is 0 Å². The Morgan fingerprint density at radius 3 is 2.88 bits per heavy atom. The van der Waals surface area contributed by atoms with Gasteiger partial charge in [-0.1, -0.05) is 37.1 Å². The van der Waals surface area contributed by atoms with Crippen LogP contribution < -0.4 is 5.32 Å². The average molecular weight is 357 g/mol. The van der Waals surface area contributed by atoms with Crippen LogP contribution in [-0.2, 0) is 9.59 Å². The molecule has 1 fully saturated rings. The van der Waals surface area contributed by atoms with Gasteiger partial charge in [0, 0.05) is 23.9 Å². The summed E-state index contributed by atoms with van der Waals surface area (Å²) in [5, 5.41) is 5.35. The Hall–Kier alpha value is -2.21. The van der Waals surface area contributed by atoms with Crippen molar-refractivity contribution in [2.45, 2.75) is 39.0 Å².